The predicted molar refractivity (Wildman–Crippen MR) is 86.6 cm³/mol. The molecule has 5 heteroatoms. The highest BCUT2D eigenvalue weighted by atomic mass is 35.5. The molecule has 2 rings (SSSR count). The Balaban J connectivity index is 2.24. The third kappa shape index (κ3) is 4.05. The third-order valence-electron chi connectivity index (χ3n) is 3.58. The highest BCUT2D eigenvalue weighted by Crippen LogP contribution is 2.24. The summed E-state index contributed by atoms with van der Waals surface area (Å²) in [6.07, 6.45) is 3.53. The topological polar surface area (TPSA) is 42.7 Å². The minimum atomic E-state index is 0.229. The number of nitrogens with one attached hydrogen (secondary N) is 1. The first kappa shape index (κ1) is 16.0. The van der Waals surface area contributed by atoms with Crippen molar-refractivity contribution in [3.05, 3.63) is 46.5 Å². The van der Waals surface area contributed by atoms with Gasteiger partial charge in [-0.1, -0.05) is 31.5 Å². The standard InChI is InChI=1S/C16H23ClN4/c1-4-8-21-16(19-11-20-21)10-15(18-5-2)14-7-6-13(17)9-12(14)3/h6-7,9,11,15,18H,4-5,8,10H2,1-3H3. The smallest absolute Gasteiger partial charge is 0.138 e. The third-order valence-corrected chi connectivity index (χ3v) is 3.81. The lowest BCUT2D eigenvalue weighted by Crippen LogP contribution is -2.25. The lowest BCUT2D eigenvalue weighted by atomic mass is 9.98. The van der Waals surface area contributed by atoms with Crippen LogP contribution in [0.1, 0.15) is 43.3 Å². The Morgan fingerprint density at radius 2 is 2.14 bits per heavy atom. The number of benzene rings is 1. The van der Waals surface area contributed by atoms with Gasteiger partial charge in [0, 0.05) is 24.0 Å². The summed E-state index contributed by atoms with van der Waals surface area (Å²) in [5.41, 5.74) is 2.47. The molecular formula is C16H23ClN4. The Morgan fingerprint density at radius 3 is 2.81 bits per heavy atom. The van der Waals surface area contributed by atoms with Crippen LogP contribution in [0.2, 0.25) is 5.02 Å². The first-order valence-corrected chi connectivity index (χ1v) is 7.89. The summed E-state index contributed by atoms with van der Waals surface area (Å²) < 4.78 is 2.00. The Morgan fingerprint density at radius 1 is 1.33 bits per heavy atom. The van der Waals surface area contributed by atoms with Crippen LogP contribution in [0.3, 0.4) is 0 Å². The lowest BCUT2D eigenvalue weighted by molar-refractivity contribution is 0.497. The van der Waals surface area contributed by atoms with E-state index in [9.17, 15) is 0 Å². The Kier molecular flexibility index (Phi) is 5.76. The number of likely N-dealkylation sites (N-methyl/N-ethyl adjacent to an activating group) is 1. The Bertz CT molecular complexity index is 579. The minimum absolute atomic E-state index is 0.229. The van der Waals surface area contributed by atoms with E-state index in [0.717, 1.165) is 36.8 Å². The monoisotopic (exact) mass is 306 g/mol. The van der Waals surface area contributed by atoms with Crippen molar-refractivity contribution in [2.75, 3.05) is 6.54 Å². The van der Waals surface area contributed by atoms with Crippen molar-refractivity contribution in [2.45, 2.75) is 46.2 Å². The Labute approximate surface area is 131 Å². The van der Waals surface area contributed by atoms with Crippen molar-refractivity contribution in [1.29, 1.82) is 0 Å². The molecule has 0 aliphatic carbocycles. The van der Waals surface area contributed by atoms with Gasteiger partial charge in [0.05, 0.1) is 0 Å². The van der Waals surface area contributed by atoms with E-state index in [0.29, 0.717) is 0 Å². The molecule has 0 fully saturated rings. The maximum Gasteiger partial charge on any atom is 0.138 e. The maximum atomic E-state index is 6.06. The van der Waals surface area contributed by atoms with E-state index in [1.165, 1.54) is 11.1 Å². The fourth-order valence-corrected chi connectivity index (χ4v) is 2.82. The number of hydrogen-bond donors (Lipinski definition) is 1. The van der Waals surface area contributed by atoms with Gasteiger partial charge in [0.15, 0.2) is 0 Å². The largest absolute Gasteiger partial charge is 0.310 e. The average molecular weight is 307 g/mol. The van der Waals surface area contributed by atoms with E-state index in [4.69, 9.17) is 11.6 Å². The SMILES string of the molecule is CCCn1ncnc1CC(NCC)c1ccc(Cl)cc1C. The number of aryl methyl sites for hydroxylation is 2. The summed E-state index contributed by atoms with van der Waals surface area (Å²) >= 11 is 6.06. The highest BCUT2D eigenvalue weighted by molar-refractivity contribution is 6.30. The van der Waals surface area contributed by atoms with E-state index in [1.54, 1.807) is 6.33 Å². The lowest BCUT2D eigenvalue weighted by Gasteiger charge is -2.20. The average Bonchev–Trinajstić information content (AvgIpc) is 2.86. The minimum Gasteiger partial charge on any atom is -0.310 e. The van der Waals surface area contributed by atoms with E-state index in [2.05, 4.69) is 42.2 Å². The van der Waals surface area contributed by atoms with Crippen molar-refractivity contribution in [1.82, 2.24) is 20.1 Å². The summed E-state index contributed by atoms with van der Waals surface area (Å²) in [5.74, 6) is 1.03. The summed E-state index contributed by atoms with van der Waals surface area (Å²) in [4.78, 5) is 4.42. The number of hydrogen-bond acceptors (Lipinski definition) is 3. The fourth-order valence-electron chi connectivity index (χ4n) is 2.60. The molecule has 1 unspecified atom stereocenters. The molecule has 114 valence electrons. The first-order chi connectivity index (χ1) is 10.2. The molecule has 0 saturated carbocycles. The summed E-state index contributed by atoms with van der Waals surface area (Å²) in [6, 6.07) is 6.29. The van der Waals surface area contributed by atoms with Gasteiger partial charge >= 0.3 is 0 Å². The number of rotatable bonds is 7. The molecule has 4 nitrogen and oxygen atoms in total. The quantitative estimate of drug-likeness (QED) is 0.851. The molecule has 21 heavy (non-hydrogen) atoms. The molecule has 0 aliphatic rings. The van der Waals surface area contributed by atoms with Crippen LogP contribution in [-0.4, -0.2) is 21.3 Å². The zero-order valence-corrected chi connectivity index (χ0v) is 13.7. The van der Waals surface area contributed by atoms with Crippen molar-refractivity contribution >= 4 is 11.6 Å². The van der Waals surface area contributed by atoms with Crippen molar-refractivity contribution in [2.24, 2.45) is 0 Å². The highest BCUT2D eigenvalue weighted by Gasteiger charge is 2.17. The van der Waals surface area contributed by atoms with Crippen molar-refractivity contribution in [3.8, 4) is 0 Å². The molecule has 1 aromatic heterocycles. The predicted octanol–water partition coefficient (Wildman–Crippen LogP) is 3.54. The summed E-state index contributed by atoms with van der Waals surface area (Å²) in [6.45, 7) is 8.19. The molecule has 1 heterocycles. The van der Waals surface area contributed by atoms with Gasteiger partial charge in [-0.2, -0.15) is 5.10 Å². The van der Waals surface area contributed by atoms with Gasteiger partial charge in [0.25, 0.3) is 0 Å². The van der Waals surface area contributed by atoms with E-state index >= 15 is 0 Å². The van der Waals surface area contributed by atoms with E-state index in [-0.39, 0.29) is 6.04 Å². The molecule has 0 radical (unpaired) electrons. The van der Waals surface area contributed by atoms with Gasteiger partial charge in [0.1, 0.15) is 12.2 Å². The van der Waals surface area contributed by atoms with Gasteiger partial charge in [-0.25, -0.2) is 4.98 Å². The second-order valence-corrected chi connectivity index (χ2v) is 5.65. The molecule has 1 aromatic carbocycles. The van der Waals surface area contributed by atoms with Gasteiger partial charge in [-0.15, -0.1) is 0 Å². The number of aromatic nitrogens is 3. The molecule has 1 atom stereocenters. The molecule has 0 spiro atoms. The number of halogens is 1. The van der Waals surface area contributed by atoms with Crippen LogP contribution >= 0.6 is 11.6 Å². The van der Waals surface area contributed by atoms with Crippen LogP contribution in [0.25, 0.3) is 0 Å². The van der Waals surface area contributed by atoms with Gasteiger partial charge in [0.2, 0.25) is 0 Å². The molecule has 1 N–H and O–H groups in total. The summed E-state index contributed by atoms with van der Waals surface area (Å²) in [5, 5.41) is 8.63. The second kappa shape index (κ2) is 7.57. The van der Waals surface area contributed by atoms with Crippen molar-refractivity contribution in [3.63, 3.8) is 0 Å². The van der Waals surface area contributed by atoms with E-state index in [1.807, 2.05) is 16.8 Å². The number of nitrogens with zero attached hydrogens (tertiary/aromatic N) is 3. The molecule has 2 aromatic rings. The normalized spacial score (nSPS) is 12.6. The zero-order valence-electron chi connectivity index (χ0n) is 12.9. The first-order valence-electron chi connectivity index (χ1n) is 7.51. The second-order valence-electron chi connectivity index (χ2n) is 5.21. The van der Waals surface area contributed by atoms with Crippen LogP contribution in [0.5, 0.6) is 0 Å². The van der Waals surface area contributed by atoms with Gasteiger partial charge in [-0.05, 0) is 43.1 Å². The van der Waals surface area contributed by atoms with Gasteiger partial charge < -0.3 is 5.32 Å². The molecule has 0 amide bonds. The van der Waals surface area contributed by atoms with Crippen LogP contribution < -0.4 is 5.32 Å². The molecule has 0 saturated heterocycles. The Hall–Kier alpha value is -1.39. The maximum absolute atomic E-state index is 6.06. The molecule has 0 bridgehead atoms. The summed E-state index contributed by atoms with van der Waals surface area (Å²) in [7, 11) is 0. The van der Waals surface area contributed by atoms with Crippen LogP contribution in [0, 0.1) is 6.92 Å². The zero-order chi connectivity index (χ0) is 15.2. The molecular weight excluding hydrogens is 284 g/mol. The van der Waals surface area contributed by atoms with Crippen molar-refractivity contribution < 1.29 is 0 Å². The van der Waals surface area contributed by atoms with E-state index < -0.39 is 0 Å². The van der Waals surface area contributed by atoms with Crippen LogP contribution in [0.4, 0.5) is 0 Å². The van der Waals surface area contributed by atoms with Gasteiger partial charge in [-0.3, -0.25) is 4.68 Å². The molecule has 0 aliphatic heterocycles. The van der Waals surface area contributed by atoms with Crippen LogP contribution in [0.15, 0.2) is 24.5 Å². The van der Waals surface area contributed by atoms with Crippen LogP contribution in [-0.2, 0) is 13.0 Å². The fraction of sp³-hybridized carbons (Fsp3) is 0.500.